The number of hydrogen-bond acceptors (Lipinski definition) is 4. The summed E-state index contributed by atoms with van der Waals surface area (Å²) < 4.78 is 14.7. The zero-order valence-electron chi connectivity index (χ0n) is 15.8. The Morgan fingerprint density at radius 2 is 1.86 bits per heavy atom. The number of carbonyl (C=O) groups excluding carboxylic acids is 2. The molecule has 2 aromatic rings. The van der Waals surface area contributed by atoms with Crippen LogP contribution in [0.25, 0.3) is 5.69 Å². The SMILES string of the molecule is CN1CCC(N2CCC(NC(=O)c3cncn3-c3ccc(F)cc3)C2=O)CC1. The van der Waals surface area contributed by atoms with Gasteiger partial charge in [-0.25, -0.2) is 9.37 Å². The monoisotopic (exact) mass is 385 g/mol. The third-order valence-corrected chi connectivity index (χ3v) is 5.65. The van der Waals surface area contributed by atoms with Crippen LogP contribution >= 0.6 is 0 Å². The van der Waals surface area contributed by atoms with Crippen molar-refractivity contribution in [1.82, 2.24) is 24.7 Å². The minimum Gasteiger partial charge on any atom is -0.339 e. The van der Waals surface area contributed by atoms with E-state index in [1.807, 2.05) is 4.90 Å². The van der Waals surface area contributed by atoms with Gasteiger partial charge in [0, 0.05) is 18.3 Å². The largest absolute Gasteiger partial charge is 0.339 e. The predicted molar refractivity (Wildman–Crippen MR) is 102 cm³/mol. The van der Waals surface area contributed by atoms with Gasteiger partial charge >= 0.3 is 0 Å². The average molecular weight is 385 g/mol. The van der Waals surface area contributed by atoms with Crippen molar-refractivity contribution in [1.29, 1.82) is 0 Å². The van der Waals surface area contributed by atoms with Crippen molar-refractivity contribution in [2.45, 2.75) is 31.3 Å². The summed E-state index contributed by atoms with van der Waals surface area (Å²) in [5, 5.41) is 2.85. The molecule has 0 saturated carbocycles. The van der Waals surface area contributed by atoms with Gasteiger partial charge in [0.2, 0.25) is 5.91 Å². The summed E-state index contributed by atoms with van der Waals surface area (Å²) >= 11 is 0. The Hall–Kier alpha value is -2.74. The molecular formula is C20H24FN5O2. The van der Waals surface area contributed by atoms with Crippen molar-refractivity contribution in [3.8, 4) is 5.69 Å². The van der Waals surface area contributed by atoms with Crippen LogP contribution in [0.1, 0.15) is 29.8 Å². The Bertz CT molecular complexity index is 858. The molecule has 2 aliphatic rings. The second kappa shape index (κ2) is 7.71. The van der Waals surface area contributed by atoms with E-state index in [-0.39, 0.29) is 23.7 Å². The number of benzene rings is 1. The Morgan fingerprint density at radius 1 is 1.14 bits per heavy atom. The molecule has 1 aromatic heterocycles. The van der Waals surface area contributed by atoms with Crippen LogP contribution in [0, 0.1) is 5.82 Å². The molecule has 0 radical (unpaired) electrons. The number of halogens is 1. The highest BCUT2D eigenvalue weighted by atomic mass is 19.1. The molecule has 1 atom stereocenters. The van der Waals surface area contributed by atoms with Crippen LogP contribution in [-0.2, 0) is 4.79 Å². The molecule has 4 rings (SSSR count). The Morgan fingerprint density at radius 3 is 2.57 bits per heavy atom. The minimum absolute atomic E-state index is 0.00393. The van der Waals surface area contributed by atoms with Crippen LogP contribution in [0.4, 0.5) is 4.39 Å². The zero-order valence-corrected chi connectivity index (χ0v) is 15.8. The molecule has 2 fully saturated rings. The Labute approximate surface area is 163 Å². The van der Waals surface area contributed by atoms with E-state index in [1.165, 1.54) is 24.7 Å². The number of carbonyl (C=O) groups is 2. The van der Waals surface area contributed by atoms with E-state index in [4.69, 9.17) is 0 Å². The lowest BCUT2D eigenvalue weighted by Crippen LogP contribution is -2.48. The number of aromatic nitrogens is 2. The molecule has 3 heterocycles. The minimum atomic E-state index is -0.510. The van der Waals surface area contributed by atoms with E-state index in [0.29, 0.717) is 24.3 Å². The molecule has 1 N–H and O–H groups in total. The van der Waals surface area contributed by atoms with Crippen molar-refractivity contribution < 1.29 is 14.0 Å². The number of piperidine rings is 1. The fourth-order valence-corrected chi connectivity index (χ4v) is 4.01. The van der Waals surface area contributed by atoms with E-state index in [1.54, 1.807) is 16.7 Å². The number of nitrogens with zero attached hydrogens (tertiary/aromatic N) is 4. The van der Waals surface area contributed by atoms with E-state index in [0.717, 1.165) is 25.9 Å². The first-order chi connectivity index (χ1) is 13.5. The number of imidazole rings is 1. The molecule has 0 spiro atoms. The highest BCUT2D eigenvalue weighted by molar-refractivity contribution is 5.97. The fourth-order valence-electron chi connectivity index (χ4n) is 4.01. The van der Waals surface area contributed by atoms with Gasteiger partial charge in [-0.05, 0) is 63.7 Å². The van der Waals surface area contributed by atoms with E-state index < -0.39 is 6.04 Å². The average Bonchev–Trinajstić information content (AvgIpc) is 3.31. The van der Waals surface area contributed by atoms with Crippen LogP contribution in [0.15, 0.2) is 36.8 Å². The number of likely N-dealkylation sites (tertiary alicyclic amines) is 2. The predicted octanol–water partition coefficient (Wildman–Crippen LogP) is 1.44. The van der Waals surface area contributed by atoms with Gasteiger partial charge in [-0.15, -0.1) is 0 Å². The molecule has 1 aromatic carbocycles. The second-order valence-corrected chi connectivity index (χ2v) is 7.51. The summed E-state index contributed by atoms with van der Waals surface area (Å²) in [6.45, 7) is 2.65. The summed E-state index contributed by atoms with van der Waals surface area (Å²) in [6, 6.07) is 5.57. The van der Waals surface area contributed by atoms with Crippen molar-refractivity contribution in [3.63, 3.8) is 0 Å². The van der Waals surface area contributed by atoms with Crippen molar-refractivity contribution in [2.24, 2.45) is 0 Å². The Kier molecular flexibility index (Phi) is 5.13. The van der Waals surface area contributed by atoms with E-state index in [2.05, 4.69) is 22.2 Å². The highest BCUT2D eigenvalue weighted by Crippen LogP contribution is 2.22. The summed E-state index contributed by atoms with van der Waals surface area (Å²) in [5.74, 6) is -0.707. The first kappa shape index (κ1) is 18.6. The van der Waals surface area contributed by atoms with Crippen molar-refractivity contribution >= 4 is 11.8 Å². The maximum Gasteiger partial charge on any atom is 0.270 e. The van der Waals surface area contributed by atoms with Gasteiger partial charge in [-0.3, -0.25) is 14.2 Å². The lowest BCUT2D eigenvalue weighted by Gasteiger charge is -2.35. The van der Waals surface area contributed by atoms with Gasteiger partial charge in [0.05, 0.1) is 12.5 Å². The highest BCUT2D eigenvalue weighted by Gasteiger charge is 2.37. The standard InChI is InChI=1S/C20H24FN5O2/c1-24-9-6-16(7-10-24)25-11-8-17(20(25)28)23-19(27)18-12-22-13-26(18)15-4-2-14(21)3-5-15/h2-5,12-13,16-17H,6-11H2,1H3,(H,23,27). The molecule has 8 heteroatoms. The molecule has 7 nitrogen and oxygen atoms in total. The number of amides is 2. The molecule has 1 unspecified atom stereocenters. The molecular weight excluding hydrogens is 361 g/mol. The third kappa shape index (κ3) is 3.64. The quantitative estimate of drug-likeness (QED) is 0.865. The van der Waals surface area contributed by atoms with Crippen molar-refractivity contribution in [2.75, 3.05) is 26.7 Å². The van der Waals surface area contributed by atoms with Gasteiger partial charge in [0.1, 0.15) is 17.6 Å². The van der Waals surface area contributed by atoms with Crippen LogP contribution in [-0.4, -0.2) is 69.9 Å². The number of nitrogens with one attached hydrogen (secondary N) is 1. The van der Waals surface area contributed by atoms with Gasteiger partial charge in [-0.2, -0.15) is 0 Å². The molecule has 28 heavy (non-hydrogen) atoms. The van der Waals surface area contributed by atoms with Gasteiger partial charge in [0.25, 0.3) is 5.91 Å². The summed E-state index contributed by atoms with van der Waals surface area (Å²) in [4.78, 5) is 33.8. The van der Waals surface area contributed by atoms with Crippen molar-refractivity contribution in [3.05, 3.63) is 48.3 Å². The number of hydrogen-bond donors (Lipinski definition) is 1. The maximum atomic E-state index is 13.2. The zero-order chi connectivity index (χ0) is 19.7. The first-order valence-corrected chi connectivity index (χ1v) is 9.61. The van der Waals surface area contributed by atoms with Crippen LogP contribution in [0.2, 0.25) is 0 Å². The molecule has 2 aliphatic heterocycles. The van der Waals surface area contributed by atoms with E-state index >= 15 is 0 Å². The normalized spacial score (nSPS) is 21.3. The van der Waals surface area contributed by atoms with Crippen LogP contribution < -0.4 is 5.32 Å². The summed E-state index contributed by atoms with van der Waals surface area (Å²) in [7, 11) is 2.09. The second-order valence-electron chi connectivity index (χ2n) is 7.51. The van der Waals surface area contributed by atoms with E-state index in [9.17, 15) is 14.0 Å². The molecule has 2 amide bonds. The van der Waals surface area contributed by atoms with Gasteiger partial charge in [0.15, 0.2) is 0 Å². The topological polar surface area (TPSA) is 70.5 Å². The van der Waals surface area contributed by atoms with Crippen LogP contribution in [0.3, 0.4) is 0 Å². The smallest absolute Gasteiger partial charge is 0.270 e. The Balaban J connectivity index is 1.43. The lowest BCUT2D eigenvalue weighted by molar-refractivity contribution is -0.132. The van der Waals surface area contributed by atoms with Gasteiger partial charge < -0.3 is 15.1 Å². The fraction of sp³-hybridized carbons (Fsp3) is 0.450. The maximum absolute atomic E-state index is 13.2. The molecule has 0 aliphatic carbocycles. The summed E-state index contributed by atoms with van der Waals surface area (Å²) in [5.41, 5.74) is 0.951. The lowest BCUT2D eigenvalue weighted by atomic mass is 10.0. The molecule has 2 saturated heterocycles. The summed E-state index contributed by atoms with van der Waals surface area (Å²) in [6.07, 6.45) is 5.51. The molecule has 0 bridgehead atoms. The van der Waals surface area contributed by atoms with Crippen LogP contribution in [0.5, 0.6) is 0 Å². The first-order valence-electron chi connectivity index (χ1n) is 9.61. The number of rotatable bonds is 4. The third-order valence-electron chi connectivity index (χ3n) is 5.65. The molecule has 148 valence electrons. The van der Waals surface area contributed by atoms with Gasteiger partial charge in [-0.1, -0.05) is 0 Å².